The lowest BCUT2D eigenvalue weighted by Gasteiger charge is -2.18. The molecule has 0 saturated carbocycles. The number of rotatable bonds is 6. The number of nitriles is 1. The highest BCUT2D eigenvalue weighted by Crippen LogP contribution is 2.31. The van der Waals surface area contributed by atoms with Crippen molar-refractivity contribution in [2.24, 2.45) is 0 Å². The molecule has 0 amide bonds. The number of benzene rings is 2. The molecule has 4 aromatic rings. The van der Waals surface area contributed by atoms with Crippen LogP contribution in [0.4, 0.5) is 0 Å². The van der Waals surface area contributed by atoms with E-state index in [4.69, 9.17) is 4.98 Å². The van der Waals surface area contributed by atoms with Gasteiger partial charge in [0.15, 0.2) is 0 Å². The minimum absolute atomic E-state index is 0.0205. The van der Waals surface area contributed by atoms with Gasteiger partial charge in [0.05, 0.1) is 18.0 Å². The van der Waals surface area contributed by atoms with E-state index in [-0.39, 0.29) is 12.1 Å². The molecule has 30 heavy (non-hydrogen) atoms. The first-order valence-electron chi connectivity index (χ1n) is 9.43. The molecule has 2 heterocycles. The standard InChI is InChI=1S/C23H19BrN4OS/c1-27(13-16-7-9-18(24)10-8-16)14-20-26-22-21(23(29)28(20)12-11-25)19(15-30-22)17-5-3-2-4-6-17/h2-10,15H,12-14H2,1H3. The Morgan fingerprint density at radius 3 is 2.57 bits per heavy atom. The van der Waals surface area contributed by atoms with Crippen LogP contribution in [0.15, 0.2) is 69.2 Å². The zero-order valence-corrected chi connectivity index (χ0v) is 18.8. The number of aromatic nitrogens is 2. The number of halogens is 1. The molecule has 0 aliphatic carbocycles. The molecule has 0 radical (unpaired) electrons. The quantitative estimate of drug-likeness (QED) is 0.389. The molecule has 0 aliphatic heterocycles. The van der Waals surface area contributed by atoms with Crippen molar-refractivity contribution in [1.29, 1.82) is 5.26 Å². The molecular formula is C23H19BrN4OS. The van der Waals surface area contributed by atoms with E-state index >= 15 is 0 Å². The molecular weight excluding hydrogens is 460 g/mol. The summed E-state index contributed by atoms with van der Waals surface area (Å²) in [5.41, 5.74) is 2.85. The van der Waals surface area contributed by atoms with E-state index in [1.807, 2.05) is 54.9 Å². The van der Waals surface area contributed by atoms with Gasteiger partial charge >= 0.3 is 0 Å². The molecule has 5 nitrogen and oxygen atoms in total. The highest BCUT2D eigenvalue weighted by atomic mass is 79.9. The zero-order valence-electron chi connectivity index (χ0n) is 16.4. The Labute approximate surface area is 187 Å². The van der Waals surface area contributed by atoms with Crippen LogP contribution in [0.25, 0.3) is 21.3 Å². The monoisotopic (exact) mass is 478 g/mol. The first-order chi connectivity index (χ1) is 14.6. The lowest BCUT2D eigenvalue weighted by molar-refractivity contribution is 0.304. The minimum Gasteiger partial charge on any atom is -0.295 e. The molecule has 150 valence electrons. The molecule has 0 fully saturated rings. The van der Waals surface area contributed by atoms with Crippen molar-refractivity contribution in [3.8, 4) is 17.2 Å². The van der Waals surface area contributed by atoms with E-state index in [1.54, 1.807) is 0 Å². The van der Waals surface area contributed by atoms with Crippen molar-refractivity contribution in [2.45, 2.75) is 19.6 Å². The van der Waals surface area contributed by atoms with Crippen molar-refractivity contribution in [2.75, 3.05) is 7.05 Å². The van der Waals surface area contributed by atoms with Crippen LogP contribution in [0.2, 0.25) is 0 Å². The van der Waals surface area contributed by atoms with E-state index < -0.39 is 0 Å². The van der Waals surface area contributed by atoms with Crippen molar-refractivity contribution in [3.63, 3.8) is 0 Å². The molecule has 2 aromatic carbocycles. The Kier molecular flexibility index (Phi) is 6.09. The summed E-state index contributed by atoms with van der Waals surface area (Å²) in [6.45, 7) is 1.17. The van der Waals surface area contributed by atoms with Gasteiger partial charge in [-0.05, 0) is 30.3 Å². The highest BCUT2D eigenvalue weighted by Gasteiger charge is 2.18. The van der Waals surface area contributed by atoms with Crippen LogP contribution in [0.1, 0.15) is 11.4 Å². The molecule has 0 atom stereocenters. The van der Waals surface area contributed by atoms with Gasteiger partial charge in [0.2, 0.25) is 0 Å². The Morgan fingerprint density at radius 1 is 1.13 bits per heavy atom. The third-order valence-corrected chi connectivity index (χ3v) is 6.26. The SMILES string of the molecule is CN(Cc1ccc(Br)cc1)Cc1nc2scc(-c3ccccc3)c2c(=O)n1CC#N. The predicted molar refractivity (Wildman–Crippen MR) is 124 cm³/mol. The normalized spacial score (nSPS) is 11.1. The van der Waals surface area contributed by atoms with Crippen LogP contribution in [-0.2, 0) is 19.6 Å². The highest BCUT2D eigenvalue weighted by molar-refractivity contribution is 9.10. The zero-order chi connectivity index (χ0) is 21.1. The van der Waals surface area contributed by atoms with Gasteiger partial charge in [-0.3, -0.25) is 14.3 Å². The van der Waals surface area contributed by atoms with E-state index in [9.17, 15) is 10.1 Å². The molecule has 0 unspecified atom stereocenters. The van der Waals surface area contributed by atoms with Crippen molar-refractivity contribution in [3.05, 3.63) is 86.2 Å². The molecule has 0 N–H and O–H groups in total. The van der Waals surface area contributed by atoms with Crippen LogP contribution in [0, 0.1) is 11.3 Å². The molecule has 7 heteroatoms. The fourth-order valence-electron chi connectivity index (χ4n) is 3.45. The summed E-state index contributed by atoms with van der Waals surface area (Å²) in [6, 6.07) is 20.1. The second kappa shape index (κ2) is 8.92. The fraction of sp³-hybridized carbons (Fsp3) is 0.174. The number of hydrogen-bond acceptors (Lipinski definition) is 5. The third-order valence-electron chi connectivity index (χ3n) is 4.86. The van der Waals surface area contributed by atoms with Crippen LogP contribution in [0.5, 0.6) is 0 Å². The lowest BCUT2D eigenvalue weighted by atomic mass is 10.1. The van der Waals surface area contributed by atoms with E-state index in [1.165, 1.54) is 21.5 Å². The summed E-state index contributed by atoms with van der Waals surface area (Å²) in [5.74, 6) is 0.607. The van der Waals surface area contributed by atoms with Gasteiger partial charge in [0, 0.05) is 22.0 Å². The Balaban J connectivity index is 1.71. The van der Waals surface area contributed by atoms with E-state index in [2.05, 4.69) is 39.0 Å². The molecule has 0 bridgehead atoms. The number of thiophene rings is 1. The fourth-order valence-corrected chi connectivity index (χ4v) is 4.67. The van der Waals surface area contributed by atoms with Gasteiger partial charge < -0.3 is 0 Å². The maximum atomic E-state index is 13.3. The molecule has 0 saturated heterocycles. The van der Waals surface area contributed by atoms with Crippen molar-refractivity contribution in [1.82, 2.24) is 14.5 Å². The number of nitrogens with zero attached hydrogens (tertiary/aromatic N) is 4. The smallest absolute Gasteiger partial charge is 0.263 e. The summed E-state index contributed by atoms with van der Waals surface area (Å²) >= 11 is 4.92. The van der Waals surface area contributed by atoms with Crippen LogP contribution in [-0.4, -0.2) is 21.5 Å². The summed E-state index contributed by atoms with van der Waals surface area (Å²) < 4.78 is 2.54. The Morgan fingerprint density at radius 2 is 1.87 bits per heavy atom. The predicted octanol–water partition coefficient (Wildman–Crippen LogP) is 5.04. The first kappa shape index (κ1) is 20.5. The summed E-state index contributed by atoms with van der Waals surface area (Å²) in [4.78, 5) is 20.9. The van der Waals surface area contributed by atoms with Crippen LogP contribution in [0.3, 0.4) is 0 Å². The number of hydrogen-bond donors (Lipinski definition) is 0. The second-order valence-corrected chi connectivity index (χ2v) is 8.85. The largest absolute Gasteiger partial charge is 0.295 e. The average molecular weight is 479 g/mol. The maximum absolute atomic E-state index is 13.3. The third kappa shape index (κ3) is 4.21. The van der Waals surface area contributed by atoms with Gasteiger partial charge in [0.25, 0.3) is 5.56 Å². The van der Waals surface area contributed by atoms with Crippen molar-refractivity contribution < 1.29 is 0 Å². The minimum atomic E-state index is -0.159. The van der Waals surface area contributed by atoms with Crippen LogP contribution >= 0.6 is 27.3 Å². The molecule has 2 aromatic heterocycles. The van der Waals surface area contributed by atoms with Gasteiger partial charge in [-0.1, -0.05) is 58.4 Å². The summed E-state index contributed by atoms with van der Waals surface area (Å²) in [6.07, 6.45) is 0. The molecule has 0 spiro atoms. The first-order valence-corrected chi connectivity index (χ1v) is 11.1. The lowest BCUT2D eigenvalue weighted by Crippen LogP contribution is -2.29. The van der Waals surface area contributed by atoms with Crippen LogP contribution < -0.4 is 5.56 Å². The molecule has 4 rings (SSSR count). The van der Waals surface area contributed by atoms with Gasteiger partial charge in [-0.15, -0.1) is 11.3 Å². The van der Waals surface area contributed by atoms with Gasteiger partial charge in [-0.25, -0.2) is 4.98 Å². The number of fused-ring (bicyclic) bond motifs is 1. The molecule has 0 aliphatic rings. The summed E-state index contributed by atoms with van der Waals surface area (Å²) in [7, 11) is 1.99. The topological polar surface area (TPSA) is 61.9 Å². The van der Waals surface area contributed by atoms with E-state index in [0.717, 1.165) is 15.6 Å². The average Bonchev–Trinajstić information content (AvgIpc) is 3.17. The van der Waals surface area contributed by atoms with Crippen molar-refractivity contribution >= 4 is 37.5 Å². The Hall–Kier alpha value is -2.79. The second-order valence-electron chi connectivity index (χ2n) is 7.07. The van der Waals surface area contributed by atoms with Gasteiger partial charge in [-0.2, -0.15) is 5.26 Å². The van der Waals surface area contributed by atoms with Gasteiger partial charge in [0.1, 0.15) is 17.2 Å². The van der Waals surface area contributed by atoms with E-state index in [0.29, 0.717) is 29.1 Å². The maximum Gasteiger partial charge on any atom is 0.263 e. The Bertz CT molecular complexity index is 1270. The summed E-state index contributed by atoms with van der Waals surface area (Å²) in [5, 5.41) is 11.9.